The third-order valence-corrected chi connectivity index (χ3v) is 2.81. The number of nitrogens with zero attached hydrogens (tertiary/aromatic N) is 1. The second-order valence-electron chi connectivity index (χ2n) is 4.13. The molecule has 0 saturated heterocycles. The predicted molar refractivity (Wildman–Crippen MR) is 68.7 cm³/mol. The fourth-order valence-corrected chi connectivity index (χ4v) is 1.86. The predicted octanol–water partition coefficient (Wildman–Crippen LogP) is 2.23. The van der Waals surface area contributed by atoms with E-state index in [4.69, 9.17) is 4.74 Å². The summed E-state index contributed by atoms with van der Waals surface area (Å²) in [7, 11) is 1.66. The van der Waals surface area contributed by atoms with E-state index in [1.165, 1.54) is 0 Å². The molecule has 0 aliphatic carbocycles. The number of carbonyl (C=O) groups excluding carboxylic acids is 1. The number of benzene rings is 1. The van der Waals surface area contributed by atoms with Crippen LogP contribution in [0.1, 0.15) is 22.8 Å². The van der Waals surface area contributed by atoms with Crippen molar-refractivity contribution in [2.75, 3.05) is 7.11 Å². The number of Topliss-reactive ketones (excluding diaryl/α,β-unsaturated/α-hetero) is 1. The first-order chi connectivity index (χ1) is 8.70. The highest BCUT2D eigenvalue weighted by Crippen LogP contribution is 2.16. The normalized spacial score (nSPS) is 10.1. The van der Waals surface area contributed by atoms with E-state index < -0.39 is 0 Å². The fraction of sp³-hybridized carbons (Fsp3) is 0.200. The molecule has 0 spiro atoms. The Hall–Kier alpha value is -2.16. The van der Waals surface area contributed by atoms with Gasteiger partial charge in [-0.25, -0.2) is 0 Å². The Bertz CT molecular complexity index is 564. The molecule has 3 heteroatoms. The lowest BCUT2D eigenvalue weighted by Gasteiger charge is -2.05. The minimum Gasteiger partial charge on any atom is -0.496 e. The van der Waals surface area contributed by atoms with Crippen LogP contribution in [-0.2, 0) is 6.54 Å². The number of carbonyl (C=O) groups is 1. The molecule has 18 heavy (non-hydrogen) atoms. The molecular weight excluding hydrogens is 226 g/mol. The van der Waals surface area contributed by atoms with Crippen molar-refractivity contribution in [1.82, 2.24) is 0 Å². The molecule has 0 atom stereocenters. The van der Waals surface area contributed by atoms with Crippen LogP contribution >= 0.6 is 0 Å². The molecule has 0 radical (unpaired) electrons. The Morgan fingerprint density at radius 1 is 1.22 bits per heavy atom. The minimum absolute atomic E-state index is 0.0735. The first kappa shape index (κ1) is 12.3. The van der Waals surface area contributed by atoms with Crippen LogP contribution in [0, 0.1) is 0 Å². The first-order valence-corrected chi connectivity index (χ1v) is 5.82. The van der Waals surface area contributed by atoms with Crippen LogP contribution in [0.2, 0.25) is 0 Å². The molecule has 3 nitrogen and oxygen atoms in total. The summed E-state index contributed by atoms with van der Waals surface area (Å²) in [6, 6.07) is 11.6. The topological polar surface area (TPSA) is 30.2 Å². The maximum atomic E-state index is 11.3. The maximum absolute atomic E-state index is 11.3. The van der Waals surface area contributed by atoms with Gasteiger partial charge in [0.1, 0.15) is 5.75 Å². The van der Waals surface area contributed by atoms with Gasteiger partial charge in [-0.2, -0.15) is 4.57 Å². The van der Waals surface area contributed by atoms with Gasteiger partial charge in [-0.15, -0.1) is 0 Å². The highest BCUT2D eigenvalue weighted by molar-refractivity contribution is 5.93. The zero-order valence-electron chi connectivity index (χ0n) is 10.6. The molecule has 0 unspecified atom stereocenters. The summed E-state index contributed by atoms with van der Waals surface area (Å²) in [5.74, 6) is 0.933. The van der Waals surface area contributed by atoms with Crippen LogP contribution < -0.4 is 9.30 Å². The summed E-state index contributed by atoms with van der Waals surface area (Å²) < 4.78 is 7.30. The molecule has 1 aromatic heterocycles. The third kappa shape index (κ3) is 2.74. The van der Waals surface area contributed by atoms with Gasteiger partial charge in [0.2, 0.25) is 0 Å². The quantitative estimate of drug-likeness (QED) is 0.608. The van der Waals surface area contributed by atoms with Crippen LogP contribution in [0.4, 0.5) is 0 Å². The summed E-state index contributed by atoms with van der Waals surface area (Å²) in [5, 5.41) is 0. The summed E-state index contributed by atoms with van der Waals surface area (Å²) in [5.41, 5.74) is 1.80. The Balaban J connectivity index is 2.28. The molecule has 1 aromatic carbocycles. The second-order valence-corrected chi connectivity index (χ2v) is 4.13. The van der Waals surface area contributed by atoms with E-state index in [1.54, 1.807) is 14.0 Å². The number of aromatic nitrogens is 1. The van der Waals surface area contributed by atoms with Crippen LogP contribution in [-0.4, -0.2) is 12.9 Å². The van der Waals surface area contributed by atoms with E-state index in [9.17, 15) is 4.79 Å². The largest absolute Gasteiger partial charge is 0.496 e. The first-order valence-electron chi connectivity index (χ1n) is 5.82. The standard InChI is InChI=1S/C15H16NO2/c1-12(17)13-7-5-9-16(10-13)11-14-6-3-4-8-15(14)18-2/h3-10H,11H2,1-2H3/q+1. The van der Waals surface area contributed by atoms with Crippen molar-refractivity contribution in [3.63, 3.8) is 0 Å². The van der Waals surface area contributed by atoms with Gasteiger partial charge >= 0.3 is 0 Å². The highest BCUT2D eigenvalue weighted by atomic mass is 16.5. The van der Waals surface area contributed by atoms with E-state index in [1.807, 2.05) is 53.4 Å². The Morgan fingerprint density at radius 3 is 2.72 bits per heavy atom. The maximum Gasteiger partial charge on any atom is 0.179 e. The molecule has 0 aliphatic rings. The molecule has 0 amide bonds. The number of para-hydroxylation sites is 1. The zero-order valence-corrected chi connectivity index (χ0v) is 10.6. The number of pyridine rings is 1. The molecule has 2 aromatic rings. The Kier molecular flexibility index (Phi) is 3.72. The lowest BCUT2D eigenvalue weighted by atomic mass is 10.2. The van der Waals surface area contributed by atoms with E-state index in [2.05, 4.69) is 0 Å². The number of methoxy groups -OCH3 is 1. The summed E-state index contributed by atoms with van der Waals surface area (Å²) in [6.45, 7) is 2.26. The van der Waals surface area contributed by atoms with Crippen LogP contribution in [0.25, 0.3) is 0 Å². The number of ketones is 1. The summed E-state index contributed by atoms with van der Waals surface area (Å²) >= 11 is 0. The van der Waals surface area contributed by atoms with Crippen LogP contribution in [0.5, 0.6) is 5.75 Å². The van der Waals surface area contributed by atoms with Crippen molar-refractivity contribution in [3.05, 3.63) is 59.9 Å². The van der Waals surface area contributed by atoms with Gasteiger partial charge in [-0.05, 0) is 25.1 Å². The van der Waals surface area contributed by atoms with E-state index in [0.29, 0.717) is 12.1 Å². The SMILES string of the molecule is COc1ccccc1C[n+]1cccc(C(C)=O)c1. The smallest absolute Gasteiger partial charge is 0.179 e. The van der Waals surface area contributed by atoms with Gasteiger partial charge in [-0.3, -0.25) is 4.79 Å². The zero-order chi connectivity index (χ0) is 13.0. The number of ether oxygens (including phenoxy) is 1. The molecule has 0 fully saturated rings. The van der Waals surface area contributed by atoms with Crippen LogP contribution in [0.15, 0.2) is 48.8 Å². The third-order valence-electron chi connectivity index (χ3n) is 2.81. The van der Waals surface area contributed by atoms with Gasteiger partial charge in [0.15, 0.2) is 24.7 Å². The minimum atomic E-state index is 0.0735. The van der Waals surface area contributed by atoms with Crippen molar-refractivity contribution in [2.24, 2.45) is 0 Å². The molecular formula is C15H16NO2+. The number of hydrogen-bond donors (Lipinski definition) is 0. The van der Waals surface area contributed by atoms with Crippen molar-refractivity contribution < 1.29 is 14.1 Å². The summed E-state index contributed by atoms with van der Waals surface area (Å²) in [6.07, 6.45) is 3.80. The molecule has 1 heterocycles. The van der Waals surface area contributed by atoms with Gasteiger partial charge < -0.3 is 4.74 Å². The molecule has 0 N–H and O–H groups in total. The molecule has 2 rings (SSSR count). The van der Waals surface area contributed by atoms with Crippen LogP contribution in [0.3, 0.4) is 0 Å². The Labute approximate surface area is 107 Å². The molecule has 0 saturated carbocycles. The molecule has 92 valence electrons. The lowest BCUT2D eigenvalue weighted by molar-refractivity contribution is -0.688. The van der Waals surface area contributed by atoms with Gasteiger partial charge in [-0.1, -0.05) is 12.1 Å². The van der Waals surface area contributed by atoms with Crippen molar-refractivity contribution in [2.45, 2.75) is 13.5 Å². The van der Waals surface area contributed by atoms with E-state index >= 15 is 0 Å². The number of rotatable bonds is 4. The van der Waals surface area contributed by atoms with Gasteiger partial charge in [0.25, 0.3) is 0 Å². The average molecular weight is 242 g/mol. The molecule has 0 bridgehead atoms. The van der Waals surface area contributed by atoms with Crippen molar-refractivity contribution in [1.29, 1.82) is 0 Å². The monoisotopic (exact) mass is 242 g/mol. The highest BCUT2D eigenvalue weighted by Gasteiger charge is 2.10. The Morgan fingerprint density at radius 2 is 2.00 bits per heavy atom. The van der Waals surface area contributed by atoms with Crippen molar-refractivity contribution >= 4 is 5.78 Å². The summed E-state index contributed by atoms with van der Waals surface area (Å²) in [4.78, 5) is 11.3. The fourth-order valence-electron chi connectivity index (χ4n) is 1.86. The van der Waals surface area contributed by atoms with Gasteiger partial charge in [0.05, 0.1) is 18.2 Å². The lowest BCUT2D eigenvalue weighted by Crippen LogP contribution is -2.34. The van der Waals surface area contributed by atoms with E-state index in [0.717, 1.165) is 11.3 Å². The van der Waals surface area contributed by atoms with E-state index in [-0.39, 0.29) is 5.78 Å². The second kappa shape index (κ2) is 5.45. The van der Waals surface area contributed by atoms with Gasteiger partial charge in [0, 0.05) is 6.07 Å². The molecule has 0 aliphatic heterocycles. The number of hydrogen-bond acceptors (Lipinski definition) is 2. The van der Waals surface area contributed by atoms with Crippen molar-refractivity contribution in [3.8, 4) is 5.75 Å². The average Bonchev–Trinajstić information content (AvgIpc) is 2.39.